The molecule has 3 amide bonds. The smallest absolute Gasteiger partial charge is 0.246 e. The van der Waals surface area contributed by atoms with Crippen LogP contribution in [0.1, 0.15) is 44.2 Å². The number of ether oxygens (including phenoxy) is 2. The minimum absolute atomic E-state index is 0.0163. The van der Waals surface area contributed by atoms with Crippen molar-refractivity contribution in [2.45, 2.75) is 70.4 Å². The lowest BCUT2D eigenvalue weighted by molar-refractivity contribution is -0.142. The quantitative estimate of drug-likeness (QED) is 0.447. The number of hydrogen-bond donors (Lipinski definition) is 2. The van der Waals surface area contributed by atoms with Crippen LogP contribution >= 0.6 is 11.6 Å². The van der Waals surface area contributed by atoms with Crippen LogP contribution in [0.3, 0.4) is 0 Å². The molecule has 4 aliphatic rings. The highest BCUT2D eigenvalue weighted by molar-refractivity contribution is 6.31. The summed E-state index contributed by atoms with van der Waals surface area (Å²) in [6.45, 7) is 6.50. The van der Waals surface area contributed by atoms with Gasteiger partial charge in [-0.1, -0.05) is 68.6 Å². The van der Waals surface area contributed by atoms with Crippen LogP contribution in [0, 0.1) is 30.6 Å². The molecule has 3 aliphatic heterocycles. The van der Waals surface area contributed by atoms with Gasteiger partial charge in [0.15, 0.2) is 0 Å². The molecule has 2 aromatic rings. The maximum absolute atomic E-state index is 14.3. The van der Waals surface area contributed by atoms with Crippen LogP contribution in [0.4, 0.5) is 5.69 Å². The SMILES string of the molecule is COc1ccc(CN2C(=O)C3C(C(=O)Nc4ccc(C)c(Cl)c4)C4C=CC3(O4)C2C(=O)NC2CCCC(C)C2C)cc1. The zero-order valence-electron chi connectivity index (χ0n) is 24.4. The van der Waals surface area contributed by atoms with E-state index < -0.39 is 29.6 Å². The van der Waals surface area contributed by atoms with E-state index in [2.05, 4.69) is 24.5 Å². The number of rotatable bonds is 7. The monoisotopic (exact) mass is 591 g/mol. The second kappa shape index (κ2) is 11.0. The van der Waals surface area contributed by atoms with Gasteiger partial charge in [-0.3, -0.25) is 14.4 Å². The van der Waals surface area contributed by atoms with E-state index in [9.17, 15) is 14.4 Å². The number of carbonyl (C=O) groups is 3. The first-order chi connectivity index (χ1) is 20.1. The summed E-state index contributed by atoms with van der Waals surface area (Å²) in [7, 11) is 1.60. The van der Waals surface area contributed by atoms with Gasteiger partial charge in [-0.25, -0.2) is 0 Å². The maximum Gasteiger partial charge on any atom is 0.246 e. The number of benzene rings is 2. The largest absolute Gasteiger partial charge is 0.497 e. The molecule has 2 saturated heterocycles. The number of hydrogen-bond acceptors (Lipinski definition) is 5. The molecule has 6 rings (SSSR count). The van der Waals surface area contributed by atoms with Crippen molar-refractivity contribution in [1.29, 1.82) is 0 Å². The Kier molecular flexibility index (Phi) is 7.56. The summed E-state index contributed by atoms with van der Waals surface area (Å²) in [6, 6.07) is 11.9. The van der Waals surface area contributed by atoms with Crippen molar-refractivity contribution in [3.63, 3.8) is 0 Å². The van der Waals surface area contributed by atoms with Gasteiger partial charge in [0, 0.05) is 23.3 Å². The van der Waals surface area contributed by atoms with Gasteiger partial charge in [-0.15, -0.1) is 0 Å². The molecule has 0 radical (unpaired) electrons. The third-order valence-electron chi connectivity index (χ3n) is 9.91. The molecule has 222 valence electrons. The van der Waals surface area contributed by atoms with E-state index in [0.717, 1.165) is 30.4 Å². The molecule has 1 saturated carbocycles. The van der Waals surface area contributed by atoms with Gasteiger partial charge < -0.3 is 25.0 Å². The molecule has 42 heavy (non-hydrogen) atoms. The molecule has 2 aromatic carbocycles. The summed E-state index contributed by atoms with van der Waals surface area (Å²) in [5.41, 5.74) is 1.07. The maximum atomic E-state index is 14.3. The lowest BCUT2D eigenvalue weighted by Crippen LogP contribution is -2.57. The number of aryl methyl sites for hydroxylation is 1. The van der Waals surface area contributed by atoms with E-state index in [-0.39, 0.29) is 30.3 Å². The zero-order valence-corrected chi connectivity index (χ0v) is 25.2. The second-order valence-corrected chi connectivity index (χ2v) is 12.8. The highest BCUT2D eigenvalue weighted by Crippen LogP contribution is 2.55. The zero-order chi connectivity index (χ0) is 29.8. The number of nitrogens with one attached hydrogen (secondary N) is 2. The fourth-order valence-corrected chi connectivity index (χ4v) is 7.49. The topological polar surface area (TPSA) is 97.0 Å². The molecule has 0 aromatic heterocycles. The van der Waals surface area contributed by atoms with Crippen LogP contribution in [0.5, 0.6) is 5.75 Å². The van der Waals surface area contributed by atoms with Crippen LogP contribution in [0.25, 0.3) is 0 Å². The van der Waals surface area contributed by atoms with E-state index in [1.54, 1.807) is 24.1 Å². The summed E-state index contributed by atoms with van der Waals surface area (Å²) in [5.74, 6) is -0.916. The lowest BCUT2D eigenvalue weighted by atomic mass is 9.73. The number of anilines is 1. The number of nitrogens with zero attached hydrogens (tertiary/aromatic N) is 1. The molecule has 2 bridgehead atoms. The van der Waals surface area contributed by atoms with Gasteiger partial charge in [0.1, 0.15) is 17.4 Å². The Bertz CT molecular complexity index is 1430. The van der Waals surface area contributed by atoms with E-state index in [1.807, 2.05) is 49.4 Å². The normalized spacial score (nSPS) is 33.0. The summed E-state index contributed by atoms with van der Waals surface area (Å²) in [5, 5.41) is 6.78. The molecule has 9 heteroatoms. The predicted octanol–water partition coefficient (Wildman–Crippen LogP) is 4.89. The highest BCUT2D eigenvalue weighted by atomic mass is 35.5. The van der Waals surface area contributed by atoms with Gasteiger partial charge in [-0.2, -0.15) is 0 Å². The summed E-state index contributed by atoms with van der Waals surface area (Å²) in [6.07, 6.45) is 6.16. The number of carbonyl (C=O) groups excluding carboxylic acids is 3. The molecule has 3 fully saturated rings. The van der Waals surface area contributed by atoms with Gasteiger partial charge in [0.2, 0.25) is 17.7 Å². The number of methoxy groups -OCH3 is 1. The molecular formula is C33H38ClN3O5. The number of amides is 3. The summed E-state index contributed by atoms with van der Waals surface area (Å²) in [4.78, 5) is 43.9. The lowest BCUT2D eigenvalue weighted by Gasteiger charge is -2.38. The van der Waals surface area contributed by atoms with Crippen molar-refractivity contribution in [2.75, 3.05) is 12.4 Å². The van der Waals surface area contributed by atoms with Crippen molar-refractivity contribution >= 4 is 35.0 Å². The predicted molar refractivity (Wildman–Crippen MR) is 160 cm³/mol. The van der Waals surface area contributed by atoms with Crippen LogP contribution in [-0.4, -0.2) is 53.5 Å². The Balaban J connectivity index is 1.32. The van der Waals surface area contributed by atoms with E-state index >= 15 is 0 Å². The number of halogens is 1. The van der Waals surface area contributed by atoms with Crippen molar-refractivity contribution in [2.24, 2.45) is 23.7 Å². The van der Waals surface area contributed by atoms with Crippen molar-refractivity contribution in [3.05, 3.63) is 70.8 Å². The van der Waals surface area contributed by atoms with Crippen molar-refractivity contribution in [1.82, 2.24) is 10.2 Å². The van der Waals surface area contributed by atoms with Crippen LogP contribution in [-0.2, 0) is 25.7 Å². The molecule has 8 nitrogen and oxygen atoms in total. The average molecular weight is 592 g/mol. The Labute approximate surface area is 251 Å². The third kappa shape index (κ3) is 4.78. The van der Waals surface area contributed by atoms with Gasteiger partial charge in [0.25, 0.3) is 0 Å². The first kappa shape index (κ1) is 28.7. The van der Waals surface area contributed by atoms with Crippen molar-refractivity contribution < 1.29 is 23.9 Å². The number of likely N-dealkylation sites (tertiary alicyclic amines) is 1. The fraction of sp³-hybridized carbons (Fsp3) is 0.485. The standard InChI is InChI=1S/C33H38ClN3O5/c1-18-6-5-7-25(20(18)3)36-31(39)29-33-15-14-26(42-33)27(30(38)35-22-11-8-19(2)24(34)16-22)28(33)32(40)37(29)17-21-9-12-23(41-4)13-10-21/h8-16,18,20,25-29H,5-7,17H2,1-4H3,(H,35,38)(H,36,39). The molecule has 8 atom stereocenters. The minimum Gasteiger partial charge on any atom is -0.497 e. The van der Waals surface area contributed by atoms with E-state index in [4.69, 9.17) is 21.1 Å². The van der Waals surface area contributed by atoms with Crippen LogP contribution < -0.4 is 15.4 Å². The molecular weight excluding hydrogens is 554 g/mol. The fourth-order valence-electron chi connectivity index (χ4n) is 7.31. The summed E-state index contributed by atoms with van der Waals surface area (Å²) < 4.78 is 11.8. The third-order valence-corrected chi connectivity index (χ3v) is 10.3. The van der Waals surface area contributed by atoms with Crippen molar-refractivity contribution in [3.8, 4) is 5.75 Å². The van der Waals surface area contributed by atoms with E-state index in [1.165, 1.54) is 0 Å². The molecule has 2 N–H and O–H groups in total. The molecule has 1 spiro atoms. The Morgan fingerprint density at radius 1 is 1.12 bits per heavy atom. The van der Waals surface area contributed by atoms with E-state index in [0.29, 0.717) is 28.3 Å². The molecule has 1 aliphatic carbocycles. The second-order valence-electron chi connectivity index (χ2n) is 12.4. The number of fused-ring (bicyclic) bond motifs is 1. The van der Waals surface area contributed by atoms with Gasteiger partial charge in [0.05, 0.1) is 25.0 Å². The Hall–Kier alpha value is -3.36. The average Bonchev–Trinajstić information content (AvgIpc) is 3.61. The van der Waals surface area contributed by atoms with Crippen LogP contribution in [0.15, 0.2) is 54.6 Å². The van der Waals surface area contributed by atoms with Gasteiger partial charge >= 0.3 is 0 Å². The Morgan fingerprint density at radius 2 is 1.88 bits per heavy atom. The van der Waals surface area contributed by atoms with Gasteiger partial charge in [-0.05, 0) is 60.6 Å². The first-order valence-electron chi connectivity index (χ1n) is 14.8. The highest BCUT2D eigenvalue weighted by Gasteiger charge is 2.72. The Morgan fingerprint density at radius 3 is 2.60 bits per heavy atom. The first-order valence-corrected chi connectivity index (χ1v) is 15.2. The minimum atomic E-state index is -1.23. The molecule has 3 heterocycles. The van der Waals surface area contributed by atoms with Crippen LogP contribution in [0.2, 0.25) is 5.02 Å². The summed E-state index contributed by atoms with van der Waals surface area (Å²) >= 11 is 6.30. The molecule has 8 unspecified atom stereocenters.